The molecule has 0 bridgehead atoms. The summed E-state index contributed by atoms with van der Waals surface area (Å²) in [5, 5.41) is 4.63. The summed E-state index contributed by atoms with van der Waals surface area (Å²) in [5.41, 5.74) is 1.55. The van der Waals surface area contributed by atoms with Crippen molar-refractivity contribution in [1.82, 2.24) is 5.32 Å². The van der Waals surface area contributed by atoms with Gasteiger partial charge in [0, 0.05) is 22.7 Å². The van der Waals surface area contributed by atoms with Crippen LogP contribution in [0.1, 0.15) is 44.6 Å². The molecule has 1 N–H and O–H groups in total. The molecular weight excluding hydrogens is 250 g/mol. The van der Waals surface area contributed by atoms with Crippen molar-refractivity contribution in [3.05, 3.63) is 29.8 Å². The average molecular weight is 275 g/mol. The molecule has 1 nitrogen and oxygen atoms in total. The van der Waals surface area contributed by atoms with E-state index in [4.69, 9.17) is 0 Å². The van der Waals surface area contributed by atoms with Crippen molar-refractivity contribution in [3.63, 3.8) is 0 Å². The molecule has 1 fully saturated rings. The molecule has 1 aromatic carbocycles. The molecule has 0 spiro atoms. The van der Waals surface area contributed by atoms with Gasteiger partial charge >= 0.3 is 0 Å². The minimum atomic E-state index is 0.747. The van der Waals surface area contributed by atoms with E-state index in [9.17, 15) is 0 Å². The van der Waals surface area contributed by atoms with Crippen molar-refractivity contribution in [2.24, 2.45) is 5.92 Å². The summed E-state index contributed by atoms with van der Waals surface area (Å²) < 4.78 is 0. The summed E-state index contributed by atoms with van der Waals surface area (Å²) >= 11 is 2.07. The van der Waals surface area contributed by atoms with Gasteiger partial charge in [-0.25, -0.2) is 0 Å². The molecule has 2 aliphatic rings. The summed E-state index contributed by atoms with van der Waals surface area (Å²) in [6.07, 6.45) is 8.29. The normalized spacial score (nSPS) is 30.3. The molecule has 1 heterocycles. The quantitative estimate of drug-likeness (QED) is 0.881. The number of thioether (sulfide) groups is 1. The van der Waals surface area contributed by atoms with E-state index in [1.54, 1.807) is 5.56 Å². The van der Waals surface area contributed by atoms with Crippen molar-refractivity contribution in [1.29, 1.82) is 0 Å². The van der Waals surface area contributed by atoms with Gasteiger partial charge in [0.05, 0.1) is 0 Å². The lowest BCUT2D eigenvalue weighted by atomic mass is 9.83. The third-order valence-corrected chi connectivity index (χ3v) is 6.07. The Morgan fingerprint density at radius 2 is 2.05 bits per heavy atom. The first-order valence-electron chi connectivity index (χ1n) is 7.84. The van der Waals surface area contributed by atoms with Gasteiger partial charge in [0.1, 0.15) is 0 Å². The van der Waals surface area contributed by atoms with Crippen molar-refractivity contribution in [2.75, 3.05) is 6.54 Å². The van der Waals surface area contributed by atoms with E-state index in [-0.39, 0.29) is 0 Å². The summed E-state index contributed by atoms with van der Waals surface area (Å²) in [4.78, 5) is 1.50. The van der Waals surface area contributed by atoms with Crippen LogP contribution in [0.3, 0.4) is 0 Å². The van der Waals surface area contributed by atoms with E-state index in [1.807, 2.05) is 0 Å². The van der Waals surface area contributed by atoms with Crippen molar-refractivity contribution >= 4 is 11.8 Å². The van der Waals surface area contributed by atoms with Crippen LogP contribution in [-0.4, -0.2) is 17.8 Å². The number of benzene rings is 1. The zero-order valence-corrected chi connectivity index (χ0v) is 12.7. The van der Waals surface area contributed by atoms with Gasteiger partial charge in [0.2, 0.25) is 0 Å². The Labute approximate surface area is 121 Å². The Hall–Kier alpha value is -0.470. The molecule has 104 valence electrons. The predicted octanol–water partition coefficient (Wildman–Crippen LogP) is 4.26. The van der Waals surface area contributed by atoms with Crippen LogP contribution in [0.15, 0.2) is 29.2 Å². The molecule has 0 radical (unpaired) electrons. The molecule has 0 saturated heterocycles. The number of nitrogens with one attached hydrogen (secondary N) is 1. The van der Waals surface area contributed by atoms with Gasteiger partial charge in [0.15, 0.2) is 0 Å². The maximum atomic E-state index is 3.88. The number of hydrogen-bond acceptors (Lipinski definition) is 2. The molecule has 3 atom stereocenters. The first-order chi connectivity index (χ1) is 9.36. The number of fused-ring (bicyclic) bond motifs is 1. The standard InChI is InChI=1S/C17H25NS/c1-2-13-7-3-5-9-16(13)18-12-15-11-14-8-4-6-10-17(14)19-15/h4,6,8,10,13,15-16,18H,2-3,5,7,9,11-12H2,1H3. The minimum absolute atomic E-state index is 0.747. The second-order valence-corrected chi connectivity index (χ2v) is 7.36. The predicted molar refractivity (Wildman–Crippen MR) is 83.8 cm³/mol. The first kappa shape index (κ1) is 13.5. The Morgan fingerprint density at radius 3 is 2.89 bits per heavy atom. The van der Waals surface area contributed by atoms with Crippen LogP contribution in [-0.2, 0) is 6.42 Å². The number of rotatable bonds is 4. The summed E-state index contributed by atoms with van der Waals surface area (Å²) in [6, 6.07) is 9.68. The third kappa shape index (κ3) is 3.17. The topological polar surface area (TPSA) is 12.0 Å². The maximum Gasteiger partial charge on any atom is 0.0260 e. The van der Waals surface area contributed by atoms with Crippen molar-refractivity contribution < 1.29 is 0 Å². The lowest BCUT2D eigenvalue weighted by molar-refractivity contribution is 0.256. The van der Waals surface area contributed by atoms with Gasteiger partial charge in [-0.05, 0) is 36.8 Å². The highest BCUT2D eigenvalue weighted by molar-refractivity contribution is 8.00. The first-order valence-corrected chi connectivity index (χ1v) is 8.72. The summed E-state index contributed by atoms with van der Waals surface area (Å²) in [7, 11) is 0. The Bertz CT molecular complexity index is 392. The molecule has 3 rings (SSSR count). The van der Waals surface area contributed by atoms with Crippen molar-refractivity contribution in [2.45, 2.75) is 61.6 Å². The van der Waals surface area contributed by atoms with Gasteiger partial charge in [-0.2, -0.15) is 0 Å². The Balaban J connectivity index is 1.51. The second kappa shape index (κ2) is 6.32. The fourth-order valence-electron chi connectivity index (χ4n) is 3.62. The van der Waals surface area contributed by atoms with Gasteiger partial charge in [-0.1, -0.05) is 44.4 Å². The van der Waals surface area contributed by atoms with E-state index in [0.717, 1.165) is 17.2 Å². The largest absolute Gasteiger partial charge is 0.313 e. The van der Waals surface area contributed by atoms with Gasteiger partial charge in [0.25, 0.3) is 0 Å². The molecule has 2 heteroatoms. The molecule has 0 amide bonds. The van der Waals surface area contributed by atoms with Gasteiger partial charge in [-0.3, -0.25) is 0 Å². The fourth-order valence-corrected chi connectivity index (χ4v) is 4.88. The van der Waals surface area contributed by atoms with E-state index in [2.05, 4.69) is 48.3 Å². The highest BCUT2D eigenvalue weighted by Gasteiger charge is 2.26. The molecule has 19 heavy (non-hydrogen) atoms. The van der Waals surface area contributed by atoms with Crippen LogP contribution < -0.4 is 5.32 Å². The van der Waals surface area contributed by atoms with Crippen molar-refractivity contribution in [3.8, 4) is 0 Å². The highest BCUT2D eigenvalue weighted by Crippen LogP contribution is 2.36. The number of hydrogen-bond donors (Lipinski definition) is 1. The molecule has 1 aliphatic heterocycles. The fraction of sp³-hybridized carbons (Fsp3) is 0.647. The zero-order chi connectivity index (χ0) is 13.1. The lowest BCUT2D eigenvalue weighted by Crippen LogP contribution is -2.41. The van der Waals surface area contributed by atoms with Gasteiger partial charge < -0.3 is 5.32 Å². The molecule has 1 aliphatic carbocycles. The van der Waals surface area contributed by atoms with Crippen LogP contribution in [0, 0.1) is 5.92 Å². The molecule has 1 aromatic rings. The molecule has 1 saturated carbocycles. The van der Waals surface area contributed by atoms with E-state index in [0.29, 0.717) is 0 Å². The molecular formula is C17H25NS. The average Bonchev–Trinajstić information content (AvgIpc) is 2.88. The Morgan fingerprint density at radius 1 is 1.21 bits per heavy atom. The van der Waals surface area contributed by atoms with Crippen LogP contribution >= 0.6 is 11.8 Å². The van der Waals surface area contributed by atoms with Crippen LogP contribution in [0.4, 0.5) is 0 Å². The Kier molecular flexibility index (Phi) is 4.49. The van der Waals surface area contributed by atoms with E-state index in [1.165, 1.54) is 50.0 Å². The van der Waals surface area contributed by atoms with Gasteiger partial charge in [-0.15, -0.1) is 11.8 Å². The van der Waals surface area contributed by atoms with Crippen LogP contribution in [0.5, 0.6) is 0 Å². The lowest BCUT2D eigenvalue weighted by Gasteiger charge is -2.32. The van der Waals surface area contributed by atoms with E-state index < -0.39 is 0 Å². The van der Waals surface area contributed by atoms with E-state index >= 15 is 0 Å². The highest BCUT2D eigenvalue weighted by atomic mass is 32.2. The second-order valence-electron chi connectivity index (χ2n) is 6.02. The molecule has 0 aromatic heterocycles. The monoisotopic (exact) mass is 275 g/mol. The zero-order valence-electron chi connectivity index (χ0n) is 11.9. The van der Waals surface area contributed by atoms with Crippen LogP contribution in [0.2, 0.25) is 0 Å². The summed E-state index contributed by atoms with van der Waals surface area (Å²) in [5.74, 6) is 0.919. The summed E-state index contributed by atoms with van der Waals surface area (Å²) in [6.45, 7) is 3.53. The SMILES string of the molecule is CCC1CCCCC1NCC1Cc2ccccc2S1. The third-order valence-electron chi connectivity index (χ3n) is 4.75. The molecule has 3 unspecified atom stereocenters. The van der Waals surface area contributed by atoms with Crippen LogP contribution in [0.25, 0.3) is 0 Å². The minimum Gasteiger partial charge on any atom is -0.313 e. The smallest absolute Gasteiger partial charge is 0.0260 e. The maximum absolute atomic E-state index is 3.88.